The van der Waals surface area contributed by atoms with Gasteiger partial charge in [-0.05, 0) is 30.7 Å². The Bertz CT molecular complexity index is 459. The van der Waals surface area contributed by atoms with Crippen molar-refractivity contribution in [1.82, 2.24) is 4.98 Å². The van der Waals surface area contributed by atoms with Crippen molar-refractivity contribution in [2.24, 2.45) is 0 Å². The Hall–Kier alpha value is -1.55. The van der Waals surface area contributed by atoms with Crippen LogP contribution in [0.3, 0.4) is 0 Å². The van der Waals surface area contributed by atoms with Gasteiger partial charge in [-0.15, -0.1) is 11.3 Å². The predicted molar refractivity (Wildman–Crippen MR) is 74.6 cm³/mol. The van der Waals surface area contributed by atoms with E-state index in [0.29, 0.717) is 5.92 Å². The molecule has 4 heteroatoms. The Morgan fingerprint density at radius 1 is 1.41 bits per heavy atom. The van der Waals surface area contributed by atoms with Crippen molar-refractivity contribution in [1.29, 1.82) is 0 Å². The molecular weight excluding hydrogens is 230 g/mol. The van der Waals surface area contributed by atoms with Gasteiger partial charge >= 0.3 is 0 Å². The first-order chi connectivity index (χ1) is 8.15. The molecule has 3 N–H and O–H groups in total. The van der Waals surface area contributed by atoms with Gasteiger partial charge in [-0.1, -0.05) is 6.92 Å². The number of nitrogens with zero attached hydrogens (tertiary/aromatic N) is 1. The molecule has 1 aromatic carbocycles. The molecule has 0 fully saturated rings. The van der Waals surface area contributed by atoms with Gasteiger partial charge in [-0.2, -0.15) is 0 Å². The fourth-order valence-corrected chi connectivity index (χ4v) is 2.45. The maximum absolute atomic E-state index is 5.81. The monoisotopic (exact) mass is 247 g/mol. The highest BCUT2D eigenvalue weighted by Crippen LogP contribution is 2.20. The first kappa shape index (κ1) is 11.9. The smallest absolute Gasteiger partial charge is 0.0970 e. The summed E-state index contributed by atoms with van der Waals surface area (Å²) < 4.78 is 0. The number of nitrogens with two attached hydrogens (primary N) is 1. The maximum Gasteiger partial charge on any atom is 0.0970 e. The molecule has 0 saturated heterocycles. The molecule has 2 aromatic rings. The topological polar surface area (TPSA) is 50.9 Å². The highest BCUT2D eigenvalue weighted by atomic mass is 32.1. The summed E-state index contributed by atoms with van der Waals surface area (Å²) in [5.41, 5.74) is 8.86. The van der Waals surface area contributed by atoms with Crippen molar-refractivity contribution in [3.8, 4) is 0 Å². The zero-order chi connectivity index (χ0) is 12.3. The normalized spacial score (nSPS) is 12.4. The minimum Gasteiger partial charge on any atom is -0.399 e. The van der Waals surface area contributed by atoms with E-state index in [1.165, 1.54) is 5.56 Å². The summed E-state index contributed by atoms with van der Waals surface area (Å²) in [6.45, 7) is 5.09. The van der Waals surface area contributed by atoms with E-state index in [9.17, 15) is 0 Å². The average Bonchev–Trinajstić information content (AvgIpc) is 2.78. The number of benzene rings is 1. The summed E-state index contributed by atoms with van der Waals surface area (Å²) in [5.74, 6) is 0.414. The van der Waals surface area contributed by atoms with E-state index in [1.807, 2.05) is 30.6 Å². The zero-order valence-electron chi connectivity index (χ0n) is 10.1. The van der Waals surface area contributed by atoms with Gasteiger partial charge in [0.2, 0.25) is 0 Å². The van der Waals surface area contributed by atoms with Gasteiger partial charge in [0.1, 0.15) is 0 Å². The Kier molecular flexibility index (Phi) is 3.64. The van der Waals surface area contributed by atoms with Crippen LogP contribution in [0, 0.1) is 6.92 Å². The van der Waals surface area contributed by atoms with E-state index in [0.717, 1.165) is 22.9 Å². The Labute approximate surface area is 106 Å². The number of anilines is 2. The van der Waals surface area contributed by atoms with Crippen LogP contribution in [0.2, 0.25) is 0 Å². The van der Waals surface area contributed by atoms with Crippen LogP contribution in [0.25, 0.3) is 0 Å². The number of rotatable bonds is 4. The highest BCUT2D eigenvalue weighted by molar-refractivity contribution is 7.09. The largest absolute Gasteiger partial charge is 0.399 e. The van der Waals surface area contributed by atoms with Gasteiger partial charge in [0.15, 0.2) is 0 Å². The molecule has 1 atom stereocenters. The molecule has 0 aliphatic heterocycles. The number of nitrogen functional groups attached to an aromatic ring is 1. The summed E-state index contributed by atoms with van der Waals surface area (Å²) in [4.78, 5) is 4.32. The van der Waals surface area contributed by atoms with Gasteiger partial charge in [0, 0.05) is 35.4 Å². The summed E-state index contributed by atoms with van der Waals surface area (Å²) in [6.07, 6.45) is 1.85. The minimum atomic E-state index is 0.414. The lowest BCUT2D eigenvalue weighted by Gasteiger charge is -2.12. The summed E-state index contributed by atoms with van der Waals surface area (Å²) in [5, 5.41) is 6.58. The molecule has 0 aliphatic carbocycles. The zero-order valence-corrected chi connectivity index (χ0v) is 10.9. The lowest BCUT2D eigenvalue weighted by molar-refractivity contribution is 0.795. The van der Waals surface area contributed by atoms with Crippen LogP contribution in [-0.4, -0.2) is 11.5 Å². The third-order valence-corrected chi connectivity index (χ3v) is 3.59. The number of aromatic nitrogens is 1. The number of aryl methyl sites for hydroxylation is 1. The lowest BCUT2D eigenvalue weighted by atomic mass is 10.1. The van der Waals surface area contributed by atoms with Gasteiger partial charge in [0.05, 0.1) is 5.01 Å². The first-order valence-corrected chi connectivity index (χ1v) is 6.53. The molecule has 1 aromatic heterocycles. The lowest BCUT2D eigenvalue weighted by Crippen LogP contribution is -2.09. The molecule has 1 unspecified atom stereocenters. The van der Waals surface area contributed by atoms with E-state index in [4.69, 9.17) is 5.73 Å². The third-order valence-electron chi connectivity index (χ3n) is 2.59. The highest BCUT2D eigenvalue weighted by Gasteiger charge is 2.07. The number of nitrogens with one attached hydrogen (secondary N) is 1. The van der Waals surface area contributed by atoms with E-state index in [-0.39, 0.29) is 0 Å². The molecule has 17 heavy (non-hydrogen) atoms. The first-order valence-electron chi connectivity index (χ1n) is 5.65. The molecule has 3 nitrogen and oxygen atoms in total. The summed E-state index contributed by atoms with van der Waals surface area (Å²) >= 11 is 1.70. The number of hydrogen-bond donors (Lipinski definition) is 2. The van der Waals surface area contributed by atoms with Crippen LogP contribution in [-0.2, 0) is 0 Å². The van der Waals surface area contributed by atoms with Crippen LogP contribution >= 0.6 is 11.3 Å². The van der Waals surface area contributed by atoms with Gasteiger partial charge < -0.3 is 11.1 Å². The summed E-state index contributed by atoms with van der Waals surface area (Å²) in [6, 6.07) is 6.03. The molecule has 0 radical (unpaired) electrons. The predicted octanol–water partition coefficient (Wildman–Crippen LogP) is 3.25. The molecular formula is C13H17N3S. The SMILES string of the molecule is Cc1cc(N)cc(NCC(C)c2nccs2)c1. The van der Waals surface area contributed by atoms with Crippen molar-refractivity contribution < 1.29 is 0 Å². The van der Waals surface area contributed by atoms with Crippen molar-refractivity contribution in [3.63, 3.8) is 0 Å². The van der Waals surface area contributed by atoms with Gasteiger partial charge in [0.25, 0.3) is 0 Å². The Morgan fingerprint density at radius 2 is 2.24 bits per heavy atom. The van der Waals surface area contributed by atoms with Gasteiger partial charge in [-0.25, -0.2) is 4.98 Å². The number of thiazole rings is 1. The van der Waals surface area contributed by atoms with Crippen molar-refractivity contribution >= 4 is 22.7 Å². The molecule has 2 rings (SSSR count). The fraction of sp³-hybridized carbons (Fsp3) is 0.308. The fourth-order valence-electron chi connectivity index (χ4n) is 1.75. The van der Waals surface area contributed by atoms with E-state index in [2.05, 4.69) is 23.3 Å². The number of hydrogen-bond acceptors (Lipinski definition) is 4. The summed E-state index contributed by atoms with van der Waals surface area (Å²) in [7, 11) is 0. The second-order valence-electron chi connectivity index (χ2n) is 4.28. The minimum absolute atomic E-state index is 0.414. The van der Waals surface area contributed by atoms with Crippen molar-refractivity contribution in [3.05, 3.63) is 40.3 Å². The van der Waals surface area contributed by atoms with E-state index < -0.39 is 0 Å². The standard InChI is InChI=1S/C13H17N3S/c1-9-5-11(14)7-12(6-9)16-8-10(2)13-15-3-4-17-13/h3-7,10,16H,8,14H2,1-2H3. The third kappa shape index (κ3) is 3.20. The maximum atomic E-state index is 5.81. The van der Waals surface area contributed by atoms with Crippen LogP contribution in [0.15, 0.2) is 29.8 Å². The Balaban J connectivity index is 1.98. The quantitative estimate of drug-likeness (QED) is 0.815. The molecule has 0 aliphatic rings. The molecule has 0 spiro atoms. The van der Waals surface area contributed by atoms with Crippen molar-refractivity contribution in [2.75, 3.05) is 17.6 Å². The van der Waals surface area contributed by atoms with Crippen LogP contribution in [0.1, 0.15) is 23.4 Å². The van der Waals surface area contributed by atoms with Crippen molar-refractivity contribution in [2.45, 2.75) is 19.8 Å². The second-order valence-corrected chi connectivity index (χ2v) is 5.21. The molecule has 90 valence electrons. The molecule has 0 amide bonds. The van der Waals surface area contributed by atoms with E-state index in [1.54, 1.807) is 11.3 Å². The van der Waals surface area contributed by atoms with Crippen LogP contribution in [0.5, 0.6) is 0 Å². The van der Waals surface area contributed by atoms with E-state index >= 15 is 0 Å². The molecule has 0 bridgehead atoms. The molecule has 0 saturated carbocycles. The molecule has 1 heterocycles. The average molecular weight is 247 g/mol. The second kappa shape index (κ2) is 5.19. The van der Waals surface area contributed by atoms with Gasteiger partial charge in [-0.3, -0.25) is 0 Å². The van der Waals surface area contributed by atoms with Crippen LogP contribution < -0.4 is 11.1 Å². The Morgan fingerprint density at radius 3 is 2.88 bits per heavy atom. The van der Waals surface area contributed by atoms with Crippen LogP contribution in [0.4, 0.5) is 11.4 Å².